The Balaban J connectivity index is 0.00000193. The van der Waals surface area contributed by atoms with Crippen LogP contribution in [0.1, 0.15) is 47.3 Å². The number of ether oxygens (including phenoxy) is 2. The van der Waals surface area contributed by atoms with Crippen molar-refractivity contribution in [1.29, 1.82) is 5.26 Å². The van der Waals surface area contributed by atoms with E-state index >= 15 is 0 Å². The molecule has 0 aliphatic heterocycles. The molecular formula is C20H24NNa2O6P+2. The van der Waals surface area contributed by atoms with Gasteiger partial charge in [0.15, 0.2) is 0 Å². The number of phosphoric ester groups is 1. The Bertz CT molecular complexity index is 1000. The number of methoxy groups -OCH3 is 2. The fraction of sp³-hybridized carbons (Fsp3) is 0.550. The number of phosphoric acid groups is 1. The zero-order valence-corrected chi connectivity index (χ0v) is 22.3. The van der Waals surface area contributed by atoms with Gasteiger partial charge in [-0.05, 0) is 73.6 Å². The van der Waals surface area contributed by atoms with E-state index in [1.807, 2.05) is 6.07 Å². The van der Waals surface area contributed by atoms with Gasteiger partial charge in [0.05, 0.1) is 22.3 Å². The van der Waals surface area contributed by atoms with Crippen LogP contribution in [0, 0.1) is 29.1 Å². The molecule has 2 atom stereocenters. The Morgan fingerprint density at radius 2 is 1.93 bits per heavy atom. The van der Waals surface area contributed by atoms with Gasteiger partial charge in [-0.15, -0.1) is 0 Å². The van der Waals surface area contributed by atoms with Crippen LogP contribution in [-0.2, 0) is 14.0 Å². The third kappa shape index (κ3) is 5.05. The second kappa shape index (κ2) is 9.97. The zero-order valence-electron chi connectivity index (χ0n) is 20.4. The first-order valence-corrected chi connectivity index (χ1v) is 10.7. The molecule has 0 heterocycles. The van der Waals surface area contributed by atoms with Gasteiger partial charge in [0.1, 0.15) is 17.6 Å². The topological polar surface area (TPSA) is 109 Å². The van der Waals surface area contributed by atoms with E-state index in [1.54, 1.807) is 7.11 Å². The molecule has 0 amide bonds. The Hall–Kier alpha value is 0.160. The summed E-state index contributed by atoms with van der Waals surface area (Å²) in [7, 11) is -5.91. The molecule has 0 aromatic heterocycles. The molecule has 4 aliphatic carbocycles. The second-order valence-corrected chi connectivity index (χ2v) is 9.19. The first-order chi connectivity index (χ1) is 14.4. The monoisotopic (exact) mass is 454 g/mol. The van der Waals surface area contributed by atoms with Crippen LogP contribution in [0.25, 0.3) is 5.76 Å². The molecule has 7 nitrogen and oxygen atoms in total. The molecule has 4 saturated carbocycles. The summed E-state index contributed by atoms with van der Waals surface area (Å²) in [6, 6.07) is 5.96. The van der Waals surface area contributed by atoms with Crippen LogP contribution in [0.3, 0.4) is 0 Å². The van der Waals surface area contributed by atoms with E-state index in [0.717, 1.165) is 37.7 Å². The van der Waals surface area contributed by atoms with Crippen molar-refractivity contribution in [2.24, 2.45) is 17.8 Å². The normalized spacial score (nSPS) is 30.7. The van der Waals surface area contributed by atoms with Crippen molar-refractivity contribution < 1.29 is 91.6 Å². The average Bonchev–Trinajstić information content (AvgIpc) is 2.64. The summed E-state index contributed by atoms with van der Waals surface area (Å²) in [5.41, 5.74) is 0.956. The van der Waals surface area contributed by atoms with Gasteiger partial charge in [-0.3, -0.25) is 9.79 Å². The van der Waals surface area contributed by atoms with E-state index < -0.39 is 14.9 Å². The largest absolute Gasteiger partial charge is 1.00 e. The summed E-state index contributed by atoms with van der Waals surface area (Å²) < 4.78 is 50.4. The van der Waals surface area contributed by atoms with Crippen LogP contribution in [0.5, 0.6) is 5.75 Å². The van der Waals surface area contributed by atoms with Gasteiger partial charge in [0, 0.05) is 12.7 Å². The number of nitriles is 1. The number of allylic oxidation sites excluding steroid dienone is 1. The average molecular weight is 454 g/mol. The van der Waals surface area contributed by atoms with E-state index in [0.29, 0.717) is 11.5 Å². The zero-order chi connectivity index (χ0) is 22.6. The van der Waals surface area contributed by atoms with Gasteiger partial charge >= 0.3 is 66.9 Å². The molecule has 2 unspecified atom stereocenters. The maximum absolute atomic E-state index is 11.4. The van der Waals surface area contributed by atoms with E-state index in [1.165, 1.54) is 18.2 Å². The van der Waals surface area contributed by atoms with Crippen molar-refractivity contribution in [3.63, 3.8) is 0 Å². The number of hydrogen-bond donors (Lipinski definition) is 2. The molecule has 5 rings (SSSR count). The van der Waals surface area contributed by atoms with Crippen LogP contribution in [0.15, 0.2) is 23.8 Å². The Morgan fingerprint density at radius 3 is 2.47 bits per heavy atom. The molecular weight excluding hydrogens is 427 g/mol. The molecule has 1 aromatic carbocycles. The molecule has 0 radical (unpaired) electrons. The molecule has 30 heavy (non-hydrogen) atoms. The van der Waals surface area contributed by atoms with E-state index in [9.17, 15) is 19.6 Å². The minimum absolute atomic E-state index is 0. The summed E-state index contributed by atoms with van der Waals surface area (Å²) in [6.45, 7) is 0. The van der Waals surface area contributed by atoms with Crippen LogP contribution >= 0.6 is 7.82 Å². The van der Waals surface area contributed by atoms with Crippen molar-refractivity contribution in [3.05, 3.63) is 34.9 Å². The second-order valence-electron chi connectivity index (χ2n) is 8.02. The third-order valence-corrected chi connectivity index (χ3v) is 6.83. The third-order valence-electron chi connectivity index (χ3n) is 6.39. The molecule has 10 heteroatoms. The van der Waals surface area contributed by atoms with Gasteiger partial charge in [-0.2, -0.15) is 5.26 Å². The van der Waals surface area contributed by atoms with Crippen LogP contribution in [-0.4, -0.2) is 29.5 Å². The first kappa shape index (κ1) is 22.0. The molecule has 4 bridgehead atoms. The van der Waals surface area contributed by atoms with Crippen LogP contribution in [0.2, 0.25) is 0 Å². The van der Waals surface area contributed by atoms with Crippen molar-refractivity contribution in [3.8, 4) is 11.8 Å². The van der Waals surface area contributed by atoms with Crippen molar-refractivity contribution in [1.82, 2.24) is 0 Å². The molecule has 0 spiro atoms. The van der Waals surface area contributed by atoms with Crippen LogP contribution < -0.4 is 63.6 Å². The molecule has 4 fully saturated rings. The maximum atomic E-state index is 11.4. The summed E-state index contributed by atoms with van der Waals surface area (Å²) >= 11 is 0. The minimum Gasteiger partial charge on any atom is -0.496 e. The maximum Gasteiger partial charge on any atom is 1.00 e. The van der Waals surface area contributed by atoms with E-state index in [2.05, 4.69) is 4.52 Å². The van der Waals surface area contributed by atoms with Gasteiger partial charge in [0.25, 0.3) is 0 Å². The van der Waals surface area contributed by atoms with E-state index in [-0.39, 0.29) is 93.6 Å². The Morgan fingerprint density at radius 1 is 1.27 bits per heavy atom. The standard InChI is InChI=1S/C20H24NO6P.2Na/c1-25-19(13-3-4-14(11-21)17(7-13)27-28(22,23)24)18-15-5-12-6-16(18)10-20(8-12,9-15)26-2;;/h3-4,7,12,15-16H,5-6,8-10H2,1-2H3,(H2,22,23,24);;/q;2*+1/i1D3;;. The molecule has 1 aromatic rings. The number of benzene rings is 1. The fourth-order valence-corrected chi connectivity index (χ4v) is 5.99. The van der Waals surface area contributed by atoms with E-state index in [4.69, 9.17) is 13.6 Å². The molecule has 150 valence electrons. The summed E-state index contributed by atoms with van der Waals surface area (Å²) in [5.74, 6) is 0.582. The molecule has 2 N–H and O–H groups in total. The van der Waals surface area contributed by atoms with Gasteiger partial charge in [-0.1, -0.05) is 0 Å². The van der Waals surface area contributed by atoms with Crippen molar-refractivity contribution in [2.45, 2.75) is 37.7 Å². The summed E-state index contributed by atoms with van der Waals surface area (Å²) in [6.07, 6.45) is 4.42. The SMILES string of the molecule is [2H]C([2H])([2H])OC(=C1C2CC3CC1CC(OC)(C3)C2)c1ccc(C#N)c(OP(=O)(O)O)c1.[Na+].[Na+]. The Labute approximate surface area is 225 Å². The number of hydrogen-bond acceptors (Lipinski definition) is 5. The number of nitrogens with zero attached hydrogens (tertiary/aromatic N) is 1. The summed E-state index contributed by atoms with van der Waals surface area (Å²) in [5, 5.41) is 9.27. The predicted octanol–water partition coefficient (Wildman–Crippen LogP) is -2.38. The smallest absolute Gasteiger partial charge is 0.496 e. The van der Waals surface area contributed by atoms with Crippen LogP contribution in [0.4, 0.5) is 0 Å². The molecule has 4 aliphatic rings. The van der Waals surface area contributed by atoms with Gasteiger partial charge in [0.2, 0.25) is 0 Å². The molecule has 0 saturated heterocycles. The first-order valence-electron chi connectivity index (χ1n) is 10.7. The van der Waals surface area contributed by atoms with Crippen molar-refractivity contribution in [2.75, 3.05) is 14.1 Å². The predicted molar refractivity (Wildman–Crippen MR) is 101 cm³/mol. The van der Waals surface area contributed by atoms with Gasteiger partial charge < -0.3 is 14.0 Å². The number of rotatable bonds is 5. The fourth-order valence-electron chi connectivity index (χ4n) is 5.58. The minimum atomic E-state index is -4.92. The van der Waals surface area contributed by atoms with Gasteiger partial charge in [-0.25, -0.2) is 4.57 Å². The quantitative estimate of drug-likeness (QED) is 0.291. The van der Waals surface area contributed by atoms with Crippen molar-refractivity contribution >= 4 is 13.6 Å². The summed E-state index contributed by atoms with van der Waals surface area (Å²) in [4.78, 5) is 18.4. The Kier molecular flexibility index (Phi) is 7.30.